The first kappa shape index (κ1) is 14.2. The smallest absolute Gasteiger partial charge is 0.227 e. The normalized spacial score (nSPS) is 11.7. The van der Waals surface area contributed by atoms with E-state index in [0.29, 0.717) is 13.1 Å². The molecule has 0 heterocycles. The number of hydrogen-bond donors (Lipinski definition) is 2. The fraction of sp³-hybridized carbons (Fsp3) is 0.429. The van der Waals surface area contributed by atoms with E-state index in [1.807, 2.05) is 37.3 Å². The minimum Gasteiger partial charge on any atom is -0.355 e. The second-order valence-electron chi connectivity index (χ2n) is 4.15. The third kappa shape index (κ3) is 4.57. The zero-order valence-corrected chi connectivity index (χ0v) is 10.9. The third-order valence-corrected chi connectivity index (χ3v) is 2.72. The van der Waals surface area contributed by atoms with E-state index < -0.39 is 0 Å². The SMILES string of the molecule is CCC(C(=O)NCCNC(C)=O)c1ccccc1. The number of amides is 2. The maximum absolute atomic E-state index is 12.0. The third-order valence-electron chi connectivity index (χ3n) is 2.72. The van der Waals surface area contributed by atoms with E-state index in [1.54, 1.807) is 0 Å². The Kier molecular flexibility index (Phi) is 5.91. The van der Waals surface area contributed by atoms with E-state index in [1.165, 1.54) is 6.92 Å². The molecule has 0 aromatic heterocycles. The van der Waals surface area contributed by atoms with Crippen molar-refractivity contribution in [1.82, 2.24) is 10.6 Å². The summed E-state index contributed by atoms with van der Waals surface area (Å²) in [7, 11) is 0. The fourth-order valence-corrected chi connectivity index (χ4v) is 1.81. The van der Waals surface area contributed by atoms with Crippen LogP contribution in [0.1, 0.15) is 31.7 Å². The molecule has 2 N–H and O–H groups in total. The standard InChI is InChI=1S/C14H20N2O2/c1-3-13(12-7-5-4-6-8-12)14(18)16-10-9-15-11(2)17/h4-8,13H,3,9-10H2,1-2H3,(H,15,17)(H,16,18). The summed E-state index contributed by atoms with van der Waals surface area (Å²) in [6, 6.07) is 9.72. The molecule has 0 fully saturated rings. The molecule has 0 saturated carbocycles. The second kappa shape index (κ2) is 7.48. The maximum atomic E-state index is 12.0. The highest BCUT2D eigenvalue weighted by Crippen LogP contribution is 2.18. The Morgan fingerprint density at radius 1 is 1.11 bits per heavy atom. The molecule has 0 spiro atoms. The zero-order chi connectivity index (χ0) is 13.4. The fourth-order valence-electron chi connectivity index (χ4n) is 1.81. The van der Waals surface area contributed by atoms with Crippen LogP contribution in [-0.4, -0.2) is 24.9 Å². The molecule has 2 amide bonds. The molecule has 0 bridgehead atoms. The van der Waals surface area contributed by atoms with Crippen molar-refractivity contribution in [2.45, 2.75) is 26.2 Å². The van der Waals surface area contributed by atoms with Crippen LogP contribution in [0, 0.1) is 0 Å². The van der Waals surface area contributed by atoms with Crippen molar-refractivity contribution in [2.75, 3.05) is 13.1 Å². The molecule has 0 saturated heterocycles. The highest BCUT2D eigenvalue weighted by atomic mass is 16.2. The van der Waals surface area contributed by atoms with Crippen molar-refractivity contribution in [1.29, 1.82) is 0 Å². The minimum atomic E-state index is -0.122. The molecular formula is C14H20N2O2. The van der Waals surface area contributed by atoms with Gasteiger partial charge in [-0.3, -0.25) is 9.59 Å². The topological polar surface area (TPSA) is 58.2 Å². The van der Waals surface area contributed by atoms with Crippen LogP contribution >= 0.6 is 0 Å². The molecule has 98 valence electrons. The first-order chi connectivity index (χ1) is 8.65. The van der Waals surface area contributed by atoms with Gasteiger partial charge in [-0.05, 0) is 12.0 Å². The zero-order valence-electron chi connectivity index (χ0n) is 10.9. The number of nitrogens with one attached hydrogen (secondary N) is 2. The van der Waals surface area contributed by atoms with Crippen molar-refractivity contribution in [3.8, 4) is 0 Å². The number of carbonyl (C=O) groups is 2. The molecular weight excluding hydrogens is 228 g/mol. The second-order valence-corrected chi connectivity index (χ2v) is 4.15. The molecule has 4 heteroatoms. The molecule has 1 atom stereocenters. The average Bonchev–Trinajstić information content (AvgIpc) is 2.36. The van der Waals surface area contributed by atoms with Crippen LogP contribution in [0.5, 0.6) is 0 Å². The summed E-state index contributed by atoms with van der Waals surface area (Å²) < 4.78 is 0. The molecule has 4 nitrogen and oxygen atoms in total. The van der Waals surface area contributed by atoms with Gasteiger partial charge in [-0.15, -0.1) is 0 Å². The van der Waals surface area contributed by atoms with Gasteiger partial charge in [-0.1, -0.05) is 37.3 Å². The van der Waals surface area contributed by atoms with E-state index in [0.717, 1.165) is 12.0 Å². The van der Waals surface area contributed by atoms with Crippen molar-refractivity contribution >= 4 is 11.8 Å². The highest BCUT2D eigenvalue weighted by molar-refractivity contribution is 5.83. The lowest BCUT2D eigenvalue weighted by atomic mass is 9.96. The van der Waals surface area contributed by atoms with Gasteiger partial charge in [0.2, 0.25) is 11.8 Å². The lowest BCUT2D eigenvalue weighted by Crippen LogP contribution is -2.36. The van der Waals surface area contributed by atoms with Gasteiger partial charge < -0.3 is 10.6 Å². The van der Waals surface area contributed by atoms with Gasteiger partial charge >= 0.3 is 0 Å². The largest absolute Gasteiger partial charge is 0.355 e. The Hall–Kier alpha value is -1.84. The van der Waals surface area contributed by atoms with E-state index in [2.05, 4.69) is 10.6 Å². The number of hydrogen-bond acceptors (Lipinski definition) is 2. The summed E-state index contributed by atoms with van der Waals surface area (Å²) in [5, 5.41) is 5.48. The Bertz CT molecular complexity index is 390. The van der Waals surface area contributed by atoms with E-state index in [4.69, 9.17) is 0 Å². The summed E-state index contributed by atoms with van der Waals surface area (Å²) in [6.45, 7) is 4.37. The van der Waals surface area contributed by atoms with Crippen molar-refractivity contribution in [3.63, 3.8) is 0 Å². The Morgan fingerprint density at radius 3 is 2.28 bits per heavy atom. The Balaban J connectivity index is 2.46. The van der Waals surface area contributed by atoms with Gasteiger partial charge in [0.15, 0.2) is 0 Å². The van der Waals surface area contributed by atoms with Crippen LogP contribution in [0.2, 0.25) is 0 Å². The van der Waals surface area contributed by atoms with Crippen molar-refractivity contribution in [3.05, 3.63) is 35.9 Å². The first-order valence-corrected chi connectivity index (χ1v) is 6.22. The maximum Gasteiger partial charge on any atom is 0.227 e. The van der Waals surface area contributed by atoms with Crippen LogP contribution < -0.4 is 10.6 Å². The molecule has 0 radical (unpaired) electrons. The van der Waals surface area contributed by atoms with Crippen LogP contribution in [0.25, 0.3) is 0 Å². The summed E-state index contributed by atoms with van der Waals surface area (Å²) in [5.74, 6) is -0.197. The summed E-state index contributed by atoms with van der Waals surface area (Å²) in [6.07, 6.45) is 0.760. The molecule has 18 heavy (non-hydrogen) atoms. The lowest BCUT2D eigenvalue weighted by molar-refractivity contribution is -0.123. The predicted octanol–water partition coefficient (Wildman–Crippen LogP) is 1.43. The minimum absolute atomic E-state index is 0.00838. The Morgan fingerprint density at radius 2 is 1.72 bits per heavy atom. The van der Waals surface area contributed by atoms with Crippen LogP contribution in [0.3, 0.4) is 0 Å². The van der Waals surface area contributed by atoms with E-state index in [-0.39, 0.29) is 17.7 Å². The molecule has 1 aromatic rings. The molecule has 0 aliphatic rings. The monoisotopic (exact) mass is 248 g/mol. The molecule has 1 aromatic carbocycles. The first-order valence-electron chi connectivity index (χ1n) is 6.22. The molecule has 0 aliphatic heterocycles. The number of carbonyl (C=O) groups excluding carboxylic acids is 2. The number of benzene rings is 1. The van der Waals surface area contributed by atoms with E-state index in [9.17, 15) is 9.59 Å². The van der Waals surface area contributed by atoms with Crippen LogP contribution in [-0.2, 0) is 9.59 Å². The van der Waals surface area contributed by atoms with Crippen LogP contribution in [0.15, 0.2) is 30.3 Å². The van der Waals surface area contributed by atoms with Crippen molar-refractivity contribution in [2.24, 2.45) is 0 Å². The summed E-state index contributed by atoms with van der Waals surface area (Å²) in [4.78, 5) is 22.7. The van der Waals surface area contributed by atoms with E-state index >= 15 is 0 Å². The van der Waals surface area contributed by atoms with Gasteiger partial charge in [0, 0.05) is 20.0 Å². The van der Waals surface area contributed by atoms with Crippen molar-refractivity contribution < 1.29 is 9.59 Å². The molecule has 0 aliphatic carbocycles. The summed E-state index contributed by atoms with van der Waals surface area (Å²) >= 11 is 0. The quantitative estimate of drug-likeness (QED) is 0.748. The number of rotatable bonds is 6. The lowest BCUT2D eigenvalue weighted by Gasteiger charge is -2.15. The van der Waals surface area contributed by atoms with Gasteiger partial charge in [0.25, 0.3) is 0 Å². The summed E-state index contributed by atoms with van der Waals surface area (Å²) in [5.41, 5.74) is 1.03. The van der Waals surface area contributed by atoms with Gasteiger partial charge in [0.1, 0.15) is 0 Å². The Labute approximate surface area is 108 Å². The van der Waals surface area contributed by atoms with Gasteiger partial charge in [-0.25, -0.2) is 0 Å². The van der Waals surface area contributed by atoms with Crippen LogP contribution in [0.4, 0.5) is 0 Å². The van der Waals surface area contributed by atoms with Gasteiger partial charge in [0.05, 0.1) is 5.92 Å². The molecule has 1 unspecified atom stereocenters. The highest BCUT2D eigenvalue weighted by Gasteiger charge is 2.17. The molecule has 1 rings (SSSR count). The predicted molar refractivity (Wildman–Crippen MR) is 71.2 cm³/mol. The average molecular weight is 248 g/mol. The van der Waals surface area contributed by atoms with Gasteiger partial charge in [-0.2, -0.15) is 0 Å².